The smallest absolute Gasteiger partial charge is 0.325 e. The minimum absolute atomic E-state index is 0.0824. The SMILES string of the molecule is COc1cccc(C(N)C(=O)O)c1OC1COC1. The number of carboxylic acids is 1. The van der Waals surface area contributed by atoms with Gasteiger partial charge in [0.25, 0.3) is 0 Å². The molecule has 18 heavy (non-hydrogen) atoms. The van der Waals surface area contributed by atoms with Gasteiger partial charge in [0.05, 0.1) is 20.3 Å². The zero-order valence-electron chi connectivity index (χ0n) is 9.96. The van der Waals surface area contributed by atoms with Gasteiger partial charge in [0.1, 0.15) is 12.1 Å². The highest BCUT2D eigenvalue weighted by molar-refractivity contribution is 5.77. The van der Waals surface area contributed by atoms with Crippen molar-refractivity contribution in [1.29, 1.82) is 0 Å². The Bertz CT molecular complexity index is 444. The molecule has 1 aliphatic heterocycles. The van der Waals surface area contributed by atoms with Gasteiger partial charge in [-0.15, -0.1) is 0 Å². The van der Waals surface area contributed by atoms with Crippen LogP contribution in [0.25, 0.3) is 0 Å². The molecule has 1 aromatic rings. The maximum Gasteiger partial charge on any atom is 0.325 e. The van der Waals surface area contributed by atoms with Gasteiger partial charge in [0.2, 0.25) is 0 Å². The van der Waals surface area contributed by atoms with Crippen LogP contribution >= 0.6 is 0 Å². The fraction of sp³-hybridized carbons (Fsp3) is 0.417. The van der Waals surface area contributed by atoms with E-state index < -0.39 is 12.0 Å². The van der Waals surface area contributed by atoms with Crippen LogP contribution in [0.3, 0.4) is 0 Å². The van der Waals surface area contributed by atoms with E-state index in [-0.39, 0.29) is 6.10 Å². The second-order valence-electron chi connectivity index (χ2n) is 3.97. The predicted octanol–water partition coefficient (Wildman–Crippen LogP) is 0.557. The summed E-state index contributed by atoms with van der Waals surface area (Å²) in [6, 6.07) is 3.86. The molecule has 3 N–H and O–H groups in total. The van der Waals surface area contributed by atoms with Gasteiger partial charge in [-0.2, -0.15) is 0 Å². The number of carboxylic acid groups (broad SMARTS) is 1. The van der Waals surface area contributed by atoms with Crippen molar-refractivity contribution in [2.24, 2.45) is 5.73 Å². The number of ether oxygens (including phenoxy) is 3. The Labute approximate surface area is 104 Å². The summed E-state index contributed by atoms with van der Waals surface area (Å²) in [7, 11) is 1.50. The van der Waals surface area contributed by atoms with Crippen molar-refractivity contribution in [2.45, 2.75) is 12.1 Å². The minimum atomic E-state index is -1.14. The quantitative estimate of drug-likeness (QED) is 0.796. The Morgan fingerprint density at radius 1 is 1.56 bits per heavy atom. The lowest BCUT2D eigenvalue weighted by molar-refractivity contribution is -0.138. The molecule has 0 aromatic heterocycles. The largest absolute Gasteiger partial charge is 0.493 e. The van der Waals surface area contributed by atoms with Crippen LogP contribution in [0.5, 0.6) is 11.5 Å². The summed E-state index contributed by atoms with van der Waals surface area (Å²) in [6.45, 7) is 0.972. The number of aliphatic carboxylic acids is 1. The van der Waals surface area contributed by atoms with E-state index in [0.717, 1.165) is 0 Å². The van der Waals surface area contributed by atoms with Crippen molar-refractivity contribution >= 4 is 5.97 Å². The number of benzene rings is 1. The molecule has 1 atom stereocenters. The van der Waals surface area contributed by atoms with Crippen LogP contribution in [0.2, 0.25) is 0 Å². The molecule has 1 saturated heterocycles. The Kier molecular flexibility index (Phi) is 3.69. The first-order valence-corrected chi connectivity index (χ1v) is 5.53. The zero-order valence-corrected chi connectivity index (χ0v) is 9.96. The molecule has 1 aliphatic rings. The number of nitrogens with two attached hydrogens (primary N) is 1. The van der Waals surface area contributed by atoms with Crippen LogP contribution in [0.4, 0.5) is 0 Å². The number of carbonyl (C=O) groups is 1. The molecule has 1 aromatic carbocycles. The second kappa shape index (κ2) is 5.24. The molecule has 0 radical (unpaired) electrons. The number of hydrogen-bond acceptors (Lipinski definition) is 5. The van der Waals surface area contributed by atoms with E-state index in [1.54, 1.807) is 18.2 Å². The van der Waals surface area contributed by atoms with Gasteiger partial charge in [0.15, 0.2) is 11.5 Å². The fourth-order valence-electron chi connectivity index (χ4n) is 1.65. The molecule has 0 amide bonds. The molecule has 6 nitrogen and oxygen atoms in total. The van der Waals surface area contributed by atoms with Gasteiger partial charge in [-0.05, 0) is 6.07 Å². The average Bonchev–Trinajstić information content (AvgIpc) is 2.32. The molecule has 1 fully saturated rings. The minimum Gasteiger partial charge on any atom is -0.493 e. The molecule has 98 valence electrons. The third-order valence-corrected chi connectivity index (χ3v) is 2.72. The van der Waals surface area contributed by atoms with Gasteiger partial charge in [-0.25, -0.2) is 0 Å². The van der Waals surface area contributed by atoms with Crippen LogP contribution in [0.1, 0.15) is 11.6 Å². The molecule has 1 heterocycles. The van der Waals surface area contributed by atoms with Gasteiger partial charge < -0.3 is 25.1 Å². The normalized spacial score (nSPS) is 16.8. The van der Waals surface area contributed by atoms with Gasteiger partial charge in [-0.3, -0.25) is 4.79 Å². The van der Waals surface area contributed by atoms with Crippen molar-refractivity contribution in [3.63, 3.8) is 0 Å². The lowest BCUT2D eigenvalue weighted by Crippen LogP contribution is -2.39. The first kappa shape index (κ1) is 12.7. The molecule has 0 bridgehead atoms. The highest BCUT2D eigenvalue weighted by atomic mass is 16.6. The molecule has 2 rings (SSSR count). The monoisotopic (exact) mass is 253 g/mol. The van der Waals surface area contributed by atoms with E-state index >= 15 is 0 Å². The van der Waals surface area contributed by atoms with Crippen molar-refractivity contribution < 1.29 is 24.1 Å². The molecule has 0 aliphatic carbocycles. The molecule has 0 saturated carbocycles. The Morgan fingerprint density at radius 2 is 2.28 bits per heavy atom. The second-order valence-corrected chi connectivity index (χ2v) is 3.97. The summed E-state index contributed by atoms with van der Waals surface area (Å²) in [4.78, 5) is 11.0. The van der Waals surface area contributed by atoms with Gasteiger partial charge in [0, 0.05) is 5.56 Å². The third kappa shape index (κ3) is 2.39. The number of hydrogen-bond donors (Lipinski definition) is 2. The summed E-state index contributed by atoms with van der Waals surface area (Å²) in [6.07, 6.45) is -0.0824. The summed E-state index contributed by atoms with van der Waals surface area (Å²) in [5.41, 5.74) is 6.03. The average molecular weight is 253 g/mol. The predicted molar refractivity (Wildman–Crippen MR) is 62.8 cm³/mol. The van der Waals surface area contributed by atoms with Crippen molar-refractivity contribution in [2.75, 3.05) is 20.3 Å². The zero-order chi connectivity index (χ0) is 13.1. The van der Waals surface area contributed by atoms with E-state index in [0.29, 0.717) is 30.3 Å². The number of methoxy groups -OCH3 is 1. The van der Waals surface area contributed by atoms with Crippen LogP contribution < -0.4 is 15.2 Å². The first-order chi connectivity index (χ1) is 8.63. The third-order valence-electron chi connectivity index (χ3n) is 2.72. The molecule has 1 unspecified atom stereocenters. The van der Waals surface area contributed by atoms with Gasteiger partial charge in [-0.1, -0.05) is 12.1 Å². The maximum atomic E-state index is 11.0. The Balaban J connectivity index is 2.33. The Morgan fingerprint density at radius 3 is 2.78 bits per heavy atom. The fourth-order valence-corrected chi connectivity index (χ4v) is 1.65. The number of rotatable bonds is 5. The topological polar surface area (TPSA) is 91.0 Å². The van der Waals surface area contributed by atoms with Crippen LogP contribution in [0.15, 0.2) is 18.2 Å². The summed E-state index contributed by atoms with van der Waals surface area (Å²) in [5.74, 6) is -0.266. The van der Waals surface area contributed by atoms with Crippen LogP contribution in [0, 0.1) is 0 Å². The maximum absolute atomic E-state index is 11.0. The highest BCUT2D eigenvalue weighted by Gasteiger charge is 2.27. The standard InChI is InChI=1S/C12H15NO5/c1-16-9-4-2-3-8(10(13)12(14)15)11(9)18-7-5-17-6-7/h2-4,7,10H,5-6,13H2,1H3,(H,14,15). The van der Waals surface area contributed by atoms with E-state index in [2.05, 4.69) is 0 Å². The lowest BCUT2D eigenvalue weighted by atomic mass is 10.1. The Hall–Kier alpha value is -1.79. The van der Waals surface area contributed by atoms with Crippen LogP contribution in [-0.2, 0) is 9.53 Å². The molecule has 6 heteroatoms. The van der Waals surface area contributed by atoms with Crippen LogP contribution in [-0.4, -0.2) is 37.5 Å². The molecular formula is C12H15NO5. The van der Waals surface area contributed by atoms with E-state index in [1.165, 1.54) is 7.11 Å². The first-order valence-electron chi connectivity index (χ1n) is 5.53. The van der Waals surface area contributed by atoms with Crippen molar-refractivity contribution in [3.8, 4) is 11.5 Å². The van der Waals surface area contributed by atoms with E-state index in [1.807, 2.05) is 0 Å². The summed E-state index contributed by atoms with van der Waals surface area (Å²) < 4.78 is 15.9. The highest BCUT2D eigenvalue weighted by Crippen LogP contribution is 2.35. The van der Waals surface area contributed by atoms with Gasteiger partial charge >= 0.3 is 5.97 Å². The molecule has 0 spiro atoms. The van der Waals surface area contributed by atoms with Crippen molar-refractivity contribution in [3.05, 3.63) is 23.8 Å². The van der Waals surface area contributed by atoms with E-state index in [9.17, 15) is 4.79 Å². The summed E-state index contributed by atoms with van der Waals surface area (Å²) >= 11 is 0. The molecular weight excluding hydrogens is 238 g/mol. The summed E-state index contributed by atoms with van der Waals surface area (Å²) in [5, 5.41) is 8.98. The van der Waals surface area contributed by atoms with E-state index in [4.69, 9.17) is 25.1 Å². The van der Waals surface area contributed by atoms with Crippen molar-refractivity contribution in [1.82, 2.24) is 0 Å². The number of para-hydroxylation sites is 1. The lowest BCUT2D eigenvalue weighted by Gasteiger charge is -2.29.